The third-order valence-corrected chi connectivity index (χ3v) is 3.30. The maximum absolute atomic E-state index is 11.3. The molecule has 1 aromatic rings. The van der Waals surface area contributed by atoms with E-state index in [1.165, 1.54) is 19.1 Å². The fraction of sp³-hybridized carbons (Fsp3) is 0.250. The predicted octanol–water partition coefficient (Wildman–Crippen LogP) is 1.28. The second-order valence-corrected chi connectivity index (χ2v) is 5.01. The molecule has 0 aliphatic rings. The van der Waals surface area contributed by atoms with Crippen molar-refractivity contribution < 1.29 is 13.3 Å². The summed E-state index contributed by atoms with van der Waals surface area (Å²) in [6.07, 6.45) is 0. The van der Waals surface area contributed by atoms with E-state index >= 15 is 0 Å². The SMILES string of the molecule is CCN(c1cc(Cl)ccc1[N+](=O)[O-])S(N)(=O)=O. The molecule has 17 heavy (non-hydrogen) atoms. The fourth-order valence-corrected chi connectivity index (χ4v) is 2.28. The molecule has 0 fully saturated rings. The molecular formula is C8H10ClN3O4S. The highest BCUT2D eigenvalue weighted by Crippen LogP contribution is 2.31. The Kier molecular flexibility index (Phi) is 3.91. The summed E-state index contributed by atoms with van der Waals surface area (Å²) in [6, 6.07) is 3.62. The second kappa shape index (κ2) is 4.86. The van der Waals surface area contributed by atoms with Crippen LogP contribution in [0.3, 0.4) is 0 Å². The van der Waals surface area contributed by atoms with E-state index in [0.29, 0.717) is 0 Å². The minimum atomic E-state index is -4.07. The normalized spacial score (nSPS) is 11.2. The van der Waals surface area contributed by atoms with Gasteiger partial charge in [0.25, 0.3) is 15.9 Å². The average Bonchev–Trinajstić information content (AvgIpc) is 2.15. The van der Waals surface area contributed by atoms with Crippen LogP contribution in [0.25, 0.3) is 0 Å². The van der Waals surface area contributed by atoms with E-state index in [9.17, 15) is 18.5 Å². The summed E-state index contributed by atoms with van der Waals surface area (Å²) in [5.74, 6) is 0. The summed E-state index contributed by atoms with van der Waals surface area (Å²) in [6.45, 7) is 1.48. The monoisotopic (exact) mass is 279 g/mol. The van der Waals surface area contributed by atoms with Gasteiger partial charge in [-0.15, -0.1) is 0 Å². The van der Waals surface area contributed by atoms with Crippen LogP contribution in [0.5, 0.6) is 0 Å². The second-order valence-electron chi connectivity index (χ2n) is 3.10. The Morgan fingerprint density at radius 3 is 2.53 bits per heavy atom. The number of nitrogens with two attached hydrogens (primary N) is 1. The number of hydrogen-bond donors (Lipinski definition) is 1. The number of nitro benzene ring substituents is 1. The molecule has 0 aromatic heterocycles. The van der Waals surface area contributed by atoms with Gasteiger partial charge in [-0.3, -0.25) is 14.4 Å². The van der Waals surface area contributed by atoms with Crippen molar-refractivity contribution in [1.82, 2.24) is 0 Å². The molecule has 94 valence electrons. The van der Waals surface area contributed by atoms with Crippen LogP contribution in [0.15, 0.2) is 18.2 Å². The van der Waals surface area contributed by atoms with Gasteiger partial charge in [0.1, 0.15) is 5.69 Å². The molecular weight excluding hydrogens is 270 g/mol. The highest BCUT2D eigenvalue weighted by Gasteiger charge is 2.25. The molecule has 0 aliphatic carbocycles. The number of nitro groups is 1. The van der Waals surface area contributed by atoms with Crippen molar-refractivity contribution >= 4 is 33.2 Å². The molecule has 0 radical (unpaired) electrons. The summed E-state index contributed by atoms with van der Waals surface area (Å²) in [5, 5.41) is 15.9. The van der Waals surface area contributed by atoms with Crippen molar-refractivity contribution in [2.45, 2.75) is 6.92 Å². The Bertz CT molecular complexity index is 546. The Hall–Kier alpha value is -1.38. The minimum Gasteiger partial charge on any atom is -0.258 e. The maximum atomic E-state index is 11.3. The van der Waals surface area contributed by atoms with Gasteiger partial charge in [-0.25, -0.2) is 5.14 Å². The molecule has 0 saturated carbocycles. The number of nitrogens with zero attached hydrogens (tertiary/aromatic N) is 2. The minimum absolute atomic E-state index is 0.0278. The standard InChI is InChI=1S/C8H10ClN3O4S/c1-2-11(17(10,15)16)8-5-6(9)3-4-7(8)12(13)14/h3-5H,2H2,1H3,(H2,10,15,16). The molecule has 2 N–H and O–H groups in total. The highest BCUT2D eigenvalue weighted by molar-refractivity contribution is 7.90. The van der Waals surface area contributed by atoms with Crippen LogP contribution < -0.4 is 9.44 Å². The lowest BCUT2D eigenvalue weighted by atomic mass is 10.2. The molecule has 7 nitrogen and oxygen atoms in total. The van der Waals surface area contributed by atoms with Crippen molar-refractivity contribution in [3.8, 4) is 0 Å². The summed E-state index contributed by atoms with van der Waals surface area (Å²) in [5.41, 5.74) is -0.516. The molecule has 0 atom stereocenters. The maximum Gasteiger partial charge on any atom is 0.299 e. The molecule has 0 heterocycles. The average molecular weight is 280 g/mol. The largest absolute Gasteiger partial charge is 0.299 e. The number of benzene rings is 1. The molecule has 1 aromatic carbocycles. The highest BCUT2D eigenvalue weighted by atomic mass is 35.5. The van der Waals surface area contributed by atoms with Gasteiger partial charge in [-0.1, -0.05) is 11.6 Å². The van der Waals surface area contributed by atoms with E-state index in [2.05, 4.69) is 0 Å². The smallest absolute Gasteiger partial charge is 0.258 e. The number of halogens is 1. The summed E-state index contributed by atoms with van der Waals surface area (Å²) in [4.78, 5) is 10.1. The van der Waals surface area contributed by atoms with Gasteiger partial charge in [0.2, 0.25) is 0 Å². The predicted molar refractivity (Wildman–Crippen MR) is 64.2 cm³/mol. The lowest BCUT2D eigenvalue weighted by molar-refractivity contribution is -0.384. The Morgan fingerprint density at radius 1 is 1.53 bits per heavy atom. The Balaban J connectivity index is 3.47. The molecule has 0 amide bonds. The van der Waals surface area contributed by atoms with Gasteiger partial charge in [-0.05, 0) is 19.1 Å². The van der Waals surface area contributed by atoms with Gasteiger partial charge < -0.3 is 0 Å². The zero-order valence-corrected chi connectivity index (χ0v) is 10.4. The Labute approximate surface area is 103 Å². The molecule has 0 aliphatic heterocycles. The summed E-state index contributed by atoms with van der Waals surface area (Å²) >= 11 is 5.69. The first-order valence-electron chi connectivity index (χ1n) is 4.51. The zero-order chi connectivity index (χ0) is 13.2. The topological polar surface area (TPSA) is 107 Å². The number of hydrogen-bond acceptors (Lipinski definition) is 4. The number of anilines is 1. The van der Waals surface area contributed by atoms with Crippen molar-refractivity contribution in [3.05, 3.63) is 33.3 Å². The molecule has 0 unspecified atom stereocenters. The van der Waals surface area contributed by atoms with E-state index < -0.39 is 15.1 Å². The van der Waals surface area contributed by atoms with Crippen LogP contribution in [0, 0.1) is 10.1 Å². The lowest BCUT2D eigenvalue weighted by Gasteiger charge is -2.19. The van der Waals surface area contributed by atoms with E-state index in [1.807, 2.05) is 0 Å². The van der Waals surface area contributed by atoms with E-state index in [0.717, 1.165) is 10.4 Å². The van der Waals surface area contributed by atoms with Crippen molar-refractivity contribution in [2.24, 2.45) is 5.14 Å². The van der Waals surface area contributed by atoms with Gasteiger partial charge in [0.15, 0.2) is 0 Å². The quantitative estimate of drug-likeness (QED) is 0.661. The van der Waals surface area contributed by atoms with Crippen molar-refractivity contribution in [1.29, 1.82) is 0 Å². The van der Waals surface area contributed by atoms with E-state index in [-0.39, 0.29) is 22.9 Å². The van der Waals surface area contributed by atoms with E-state index in [4.69, 9.17) is 16.7 Å². The fourth-order valence-electron chi connectivity index (χ4n) is 1.34. The van der Waals surface area contributed by atoms with Gasteiger partial charge in [-0.2, -0.15) is 8.42 Å². The van der Waals surface area contributed by atoms with Crippen LogP contribution in [-0.4, -0.2) is 19.9 Å². The first-order chi connectivity index (χ1) is 7.77. The third kappa shape index (κ3) is 3.05. The van der Waals surface area contributed by atoms with Gasteiger partial charge in [0, 0.05) is 17.6 Å². The summed E-state index contributed by atoms with van der Waals surface area (Å²) in [7, 11) is -4.07. The first kappa shape index (κ1) is 13.7. The first-order valence-corrected chi connectivity index (χ1v) is 6.40. The van der Waals surface area contributed by atoms with Gasteiger partial charge >= 0.3 is 0 Å². The summed E-state index contributed by atoms with van der Waals surface area (Å²) < 4.78 is 23.3. The van der Waals surface area contributed by atoms with Crippen molar-refractivity contribution in [3.63, 3.8) is 0 Å². The van der Waals surface area contributed by atoms with Crippen LogP contribution in [-0.2, 0) is 10.2 Å². The molecule has 0 spiro atoms. The van der Waals surface area contributed by atoms with Crippen LogP contribution >= 0.6 is 11.6 Å². The Morgan fingerprint density at radius 2 is 2.12 bits per heavy atom. The molecule has 0 saturated heterocycles. The van der Waals surface area contributed by atoms with Crippen LogP contribution in [0.2, 0.25) is 5.02 Å². The van der Waals surface area contributed by atoms with Crippen molar-refractivity contribution in [2.75, 3.05) is 10.8 Å². The van der Waals surface area contributed by atoms with E-state index in [1.54, 1.807) is 0 Å². The number of rotatable bonds is 4. The molecule has 9 heteroatoms. The third-order valence-electron chi connectivity index (χ3n) is 2.00. The molecule has 0 bridgehead atoms. The van der Waals surface area contributed by atoms with Crippen LogP contribution in [0.4, 0.5) is 11.4 Å². The molecule has 1 rings (SSSR count). The lowest BCUT2D eigenvalue weighted by Crippen LogP contribution is -2.36. The zero-order valence-electron chi connectivity index (χ0n) is 8.83. The van der Waals surface area contributed by atoms with Gasteiger partial charge in [0.05, 0.1) is 4.92 Å². The van der Waals surface area contributed by atoms with Crippen LogP contribution in [0.1, 0.15) is 6.92 Å².